The second kappa shape index (κ2) is 10.4. The first-order chi connectivity index (χ1) is 13.0. The maximum absolute atomic E-state index is 12.0. The van der Waals surface area contributed by atoms with Crippen molar-refractivity contribution in [1.29, 1.82) is 0 Å². The number of hydrogen-bond donors (Lipinski definition) is 1. The first-order valence-corrected chi connectivity index (χ1v) is 9.41. The first kappa shape index (κ1) is 20.5. The summed E-state index contributed by atoms with van der Waals surface area (Å²) in [4.78, 5) is 25.0. The van der Waals surface area contributed by atoms with Crippen LogP contribution in [0.5, 0.6) is 11.5 Å². The maximum atomic E-state index is 12.0. The minimum atomic E-state index is -0.878. The smallest absolute Gasteiger partial charge is 0.331 e. The van der Waals surface area contributed by atoms with Crippen LogP contribution in [-0.4, -0.2) is 31.7 Å². The van der Waals surface area contributed by atoms with Gasteiger partial charge in [0.15, 0.2) is 17.6 Å². The lowest BCUT2D eigenvalue weighted by atomic mass is 10.2. The molecule has 0 spiro atoms. The van der Waals surface area contributed by atoms with Crippen LogP contribution in [-0.2, 0) is 20.9 Å². The van der Waals surface area contributed by atoms with Crippen molar-refractivity contribution in [3.05, 3.63) is 52.2 Å². The largest absolute Gasteiger partial charge is 0.493 e. The van der Waals surface area contributed by atoms with E-state index in [4.69, 9.17) is 14.2 Å². The Labute approximate surface area is 162 Å². The average Bonchev–Trinajstić information content (AvgIpc) is 3.19. The first-order valence-electron chi connectivity index (χ1n) is 8.53. The quantitative estimate of drug-likeness (QED) is 0.525. The fourth-order valence-corrected chi connectivity index (χ4v) is 2.87. The van der Waals surface area contributed by atoms with Gasteiger partial charge in [-0.2, -0.15) is 0 Å². The van der Waals surface area contributed by atoms with Crippen molar-refractivity contribution < 1.29 is 23.8 Å². The fraction of sp³-hybridized carbons (Fsp3) is 0.300. The Morgan fingerprint density at radius 1 is 1.26 bits per heavy atom. The predicted molar refractivity (Wildman–Crippen MR) is 105 cm³/mol. The molecule has 144 valence electrons. The molecule has 0 saturated carbocycles. The van der Waals surface area contributed by atoms with Crippen LogP contribution in [0, 0.1) is 0 Å². The van der Waals surface area contributed by atoms with Crippen LogP contribution in [0.1, 0.15) is 24.3 Å². The highest BCUT2D eigenvalue weighted by atomic mass is 32.1. The highest BCUT2D eigenvalue weighted by Crippen LogP contribution is 2.28. The molecular weight excluding hydrogens is 366 g/mol. The summed E-state index contributed by atoms with van der Waals surface area (Å²) in [6.07, 6.45) is 1.99. The number of amides is 1. The van der Waals surface area contributed by atoms with Crippen molar-refractivity contribution in [2.45, 2.75) is 26.5 Å². The molecule has 1 amide bonds. The Balaban J connectivity index is 1.87. The van der Waals surface area contributed by atoms with Crippen molar-refractivity contribution in [2.24, 2.45) is 0 Å². The number of carbonyl (C=O) groups excluding carboxylic acids is 2. The lowest BCUT2D eigenvalue weighted by Crippen LogP contribution is -2.34. The van der Waals surface area contributed by atoms with E-state index in [2.05, 4.69) is 5.32 Å². The zero-order valence-electron chi connectivity index (χ0n) is 15.6. The SMILES string of the molecule is CCOc1ccc(/C=C/C(=O)O[C@@H](C)C(=O)NCc2cccs2)cc1OC. The predicted octanol–water partition coefficient (Wildman–Crippen LogP) is 3.42. The van der Waals surface area contributed by atoms with E-state index in [0.717, 1.165) is 10.4 Å². The van der Waals surface area contributed by atoms with Crippen LogP contribution in [0.4, 0.5) is 0 Å². The van der Waals surface area contributed by atoms with Crippen LogP contribution in [0.3, 0.4) is 0 Å². The summed E-state index contributed by atoms with van der Waals surface area (Å²) in [5.41, 5.74) is 0.752. The molecule has 0 saturated heterocycles. The van der Waals surface area contributed by atoms with E-state index in [1.807, 2.05) is 24.4 Å². The fourth-order valence-electron chi connectivity index (χ4n) is 2.23. The van der Waals surface area contributed by atoms with Gasteiger partial charge < -0.3 is 19.5 Å². The van der Waals surface area contributed by atoms with Crippen molar-refractivity contribution in [1.82, 2.24) is 5.32 Å². The molecule has 2 aromatic rings. The Hall–Kier alpha value is -2.80. The number of hydrogen-bond acceptors (Lipinski definition) is 6. The number of rotatable bonds is 9. The molecule has 1 aromatic carbocycles. The second-order valence-corrected chi connectivity index (χ2v) is 6.59. The summed E-state index contributed by atoms with van der Waals surface area (Å²) in [7, 11) is 1.55. The van der Waals surface area contributed by atoms with Crippen LogP contribution in [0.15, 0.2) is 41.8 Å². The van der Waals surface area contributed by atoms with Gasteiger partial charge in [-0.3, -0.25) is 4.79 Å². The van der Waals surface area contributed by atoms with E-state index < -0.39 is 12.1 Å². The van der Waals surface area contributed by atoms with E-state index in [9.17, 15) is 9.59 Å². The van der Waals surface area contributed by atoms with Gasteiger partial charge in [0.2, 0.25) is 0 Å². The van der Waals surface area contributed by atoms with E-state index in [-0.39, 0.29) is 5.91 Å². The van der Waals surface area contributed by atoms with Crippen LogP contribution < -0.4 is 14.8 Å². The molecule has 1 aromatic heterocycles. The zero-order chi connectivity index (χ0) is 19.6. The Kier molecular flexibility index (Phi) is 7.88. The number of nitrogens with one attached hydrogen (secondary N) is 1. The number of carbonyl (C=O) groups is 2. The normalized spacial score (nSPS) is 11.8. The Morgan fingerprint density at radius 3 is 2.74 bits per heavy atom. The van der Waals surface area contributed by atoms with Gasteiger partial charge in [-0.1, -0.05) is 12.1 Å². The number of ether oxygens (including phenoxy) is 3. The van der Waals surface area contributed by atoms with Crippen LogP contribution >= 0.6 is 11.3 Å². The van der Waals surface area contributed by atoms with Gasteiger partial charge in [-0.05, 0) is 49.1 Å². The van der Waals surface area contributed by atoms with Gasteiger partial charge in [0.25, 0.3) is 5.91 Å². The number of benzene rings is 1. The molecule has 0 aliphatic heterocycles. The summed E-state index contributed by atoms with van der Waals surface area (Å²) in [6.45, 7) is 4.38. The molecule has 0 fully saturated rings. The van der Waals surface area contributed by atoms with Gasteiger partial charge in [-0.25, -0.2) is 4.79 Å². The topological polar surface area (TPSA) is 73.9 Å². The Morgan fingerprint density at radius 2 is 2.07 bits per heavy atom. The van der Waals surface area contributed by atoms with E-state index in [0.29, 0.717) is 24.7 Å². The molecule has 1 N–H and O–H groups in total. The highest BCUT2D eigenvalue weighted by Gasteiger charge is 2.16. The van der Waals surface area contributed by atoms with E-state index >= 15 is 0 Å². The van der Waals surface area contributed by atoms with Crippen molar-refractivity contribution >= 4 is 29.3 Å². The molecular formula is C20H23NO5S. The molecule has 2 rings (SSSR count). The van der Waals surface area contributed by atoms with E-state index in [1.54, 1.807) is 42.7 Å². The van der Waals surface area contributed by atoms with Gasteiger partial charge in [-0.15, -0.1) is 11.3 Å². The average molecular weight is 389 g/mol. The second-order valence-electron chi connectivity index (χ2n) is 5.55. The highest BCUT2D eigenvalue weighted by molar-refractivity contribution is 7.09. The van der Waals surface area contributed by atoms with Crippen molar-refractivity contribution in [3.63, 3.8) is 0 Å². The molecule has 0 aliphatic rings. The standard InChI is InChI=1S/C20H23NO5S/c1-4-25-17-9-7-15(12-18(17)24-3)8-10-19(22)26-14(2)20(23)21-13-16-6-5-11-27-16/h5-12,14H,4,13H2,1-3H3,(H,21,23)/b10-8+/t14-/m0/s1. The molecule has 0 radical (unpaired) electrons. The molecule has 1 heterocycles. The van der Waals surface area contributed by atoms with Crippen molar-refractivity contribution in [3.8, 4) is 11.5 Å². The zero-order valence-corrected chi connectivity index (χ0v) is 16.4. The third-order valence-corrected chi connectivity index (χ3v) is 4.45. The molecule has 27 heavy (non-hydrogen) atoms. The third kappa shape index (κ3) is 6.45. The summed E-state index contributed by atoms with van der Waals surface area (Å²) in [5.74, 6) is 0.277. The van der Waals surface area contributed by atoms with Crippen LogP contribution in [0.25, 0.3) is 6.08 Å². The molecule has 0 aliphatic carbocycles. The molecule has 0 bridgehead atoms. The number of methoxy groups -OCH3 is 1. The van der Waals surface area contributed by atoms with Crippen LogP contribution in [0.2, 0.25) is 0 Å². The van der Waals surface area contributed by atoms with Crippen molar-refractivity contribution in [2.75, 3.05) is 13.7 Å². The summed E-state index contributed by atoms with van der Waals surface area (Å²) >= 11 is 1.55. The summed E-state index contributed by atoms with van der Waals surface area (Å²) < 4.78 is 15.9. The van der Waals surface area contributed by atoms with E-state index in [1.165, 1.54) is 13.0 Å². The minimum absolute atomic E-state index is 0.340. The number of esters is 1. The molecule has 0 unspecified atom stereocenters. The molecule has 6 nitrogen and oxygen atoms in total. The summed E-state index contributed by atoms with van der Waals surface area (Å²) in [6, 6.07) is 9.17. The lowest BCUT2D eigenvalue weighted by molar-refractivity contribution is -0.150. The van der Waals surface area contributed by atoms with Gasteiger partial charge >= 0.3 is 5.97 Å². The van der Waals surface area contributed by atoms with Gasteiger partial charge in [0.1, 0.15) is 0 Å². The number of thiophene rings is 1. The Bertz CT molecular complexity index is 786. The summed E-state index contributed by atoms with van der Waals surface area (Å²) in [5, 5.41) is 4.67. The third-order valence-electron chi connectivity index (χ3n) is 3.58. The molecule has 1 atom stereocenters. The molecule has 7 heteroatoms. The van der Waals surface area contributed by atoms with Gasteiger partial charge in [0.05, 0.1) is 20.3 Å². The monoisotopic (exact) mass is 389 g/mol. The lowest BCUT2D eigenvalue weighted by Gasteiger charge is -2.12. The van der Waals surface area contributed by atoms with Gasteiger partial charge in [0, 0.05) is 11.0 Å². The minimum Gasteiger partial charge on any atom is -0.493 e. The maximum Gasteiger partial charge on any atom is 0.331 e.